The number of nitrogens with zero attached hydrogens (tertiary/aromatic N) is 5. The van der Waals surface area contributed by atoms with E-state index >= 15 is 0 Å². The van der Waals surface area contributed by atoms with Crippen LogP contribution in [-0.4, -0.2) is 142 Å². The van der Waals surface area contributed by atoms with Crippen LogP contribution in [0.1, 0.15) is 12.5 Å². The van der Waals surface area contributed by atoms with E-state index < -0.39 is 36.8 Å². The fourth-order valence-corrected chi connectivity index (χ4v) is 5.28. The van der Waals surface area contributed by atoms with Crippen molar-refractivity contribution in [1.82, 2.24) is 19.6 Å². The maximum atomic E-state index is 12.8. The highest BCUT2D eigenvalue weighted by atomic mass is 31.1. The Kier molecular flexibility index (Phi) is 13.5. The van der Waals surface area contributed by atoms with Crippen LogP contribution in [0.4, 0.5) is 5.69 Å². The average molecular weight is 586 g/mol. The highest BCUT2D eigenvalue weighted by Crippen LogP contribution is 2.34. The molecule has 0 saturated carbocycles. The molecule has 1 aliphatic rings. The van der Waals surface area contributed by atoms with Crippen molar-refractivity contribution in [2.75, 3.05) is 78.6 Å². The van der Waals surface area contributed by atoms with E-state index in [0.29, 0.717) is 5.56 Å². The van der Waals surface area contributed by atoms with Crippen LogP contribution < -0.4 is 0 Å². The van der Waals surface area contributed by atoms with Crippen molar-refractivity contribution in [3.05, 3.63) is 39.9 Å². The molecule has 222 valence electrons. The summed E-state index contributed by atoms with van der Waals surface area (Å²) in [5.41, 5.74) is -0.876. The zero-order valence-corrected chi connectivity index (χ0v) is 23.3. The number of hydrogen-bond donors (Lipinski definition) is 3. The monoisotopic (exact) mass is 585 g/mol. The molecule has 15 nitrogen and oxygen atoms in total. The summed E-state index contributed by atoms with van der Waals surface area (Å²) < 4.78 is 18.8. The van der Waals surface area contributed by atoms with Gasteiger partial charge in [-0.25, -0.2) is 0 Å². The normalized spacial score (nSPS) is 18.8. The number of non-ortho nitro benzene ring substituents is 1. The fraction of sp³-hybridized carbons (Fsp3) is 0.625. The summed E-state index contributed by atoms with van der Waals surface area (Å²) in [7, 11) is -0.393. The van der Waals surface area contributed by atoms with E-state index in [2.05, 4.69) is 0 Å². The second-order valence-electron chi connectivity index (χ2n) is 9.36. The molecule has 2 rings (SSSR count). The number of carboxylic acid groups (broad SMARTS) is 3. The van der Waals surface area contributed by atoms with Crippen LogP contribution >= 0.6 is 8.46 Å². The zero-order valence-electron chi connectivity index (χ0n) is 22.4. The van der Waals surface area contributed by atoms with E-state index in [1.165, 1.54) is 12.1 Å². The van der Waals surface area contributed by atoms with Gasteiger partial charge in [-0.2, -0.15) is 0 Å². The van der Waals surface area contributed by atoms with Gasteiger partial charge in [-0.15, -0.1) is 0 Å². The molecule has 1 heterocycles. The van der Waals surface area contributed by atoms with Crippen molar-refractivity contribution in [2.24, 2.45) is 0 Å². The van der Waals surface area contributed by atoms with Gasteiger partial charge in [-0.05, 0) is 12.5 Å². The van der Waals surface area contributed by atoms with Crippen molar-refractivity contribution in [3.8, 4) is 0 Å². The van der Waals surface area contributed by atoms with E-state index in [9.17, 15) is 44.4 Å². The van der Waals surface area contributed by atoms with Crippen molar-refractivity contribution in [3.63, 3.8) is 0 Å². The van der Waals surface area contributed by atoms with E-state index in [0.717, 1.165) is 0 Å². The van der Waals surface area contributed by atoms with Crippen molar-refractivity contribution >= 4 is 32.1 Å². The number of benzene rings is 1. The molecule has 16 heteroatoms. The van der Waals surface area contributed by atoms with Gasteiger partial charge in [0.2, 0.25) is 13.9 Å². The van der Waals surface area contributed by atoms with E-state index in [-0.39, 0.29) is 90.7 Å². The summed E-state index contributed by atoms with van der Waals surface area (Å²) in [6.45, 7) is 2.88. The number of carboxylic acids is 3. The smallest absolute Gasteiger partial charge is 0.317 e. The molecule has 1 unspecified atom stereocenters. The Bertz CT molecular complexity index is 998. The Morgan fingerprint density at radius 2 is 1.25 bits per heavy atom. The fourth-order valence-electron chi connectivity index (χ4n) is 4.54. The Labute approximate surface area is 233 Å². The highest BCUT2D eigenvalue weighted by molar-refractivity contribution is 7.25. The molecular formula is C24H36N5O10P. The first-order valence-corrected chi connectivity index (χ1v) is 13.6. The largest absolute Gasteiger partial charge is 0.480 e. The molecule has 0 spiro atoms. The Morgan fingerprint density at radius 3 is 1.57 bits per heavy atom. The second-order valence-corrected chi connectivity index (χ2v) is 10.2. The molecule has 1 atom stereocenters. The van der Waals surface area contributed by atoms with Crippen molar-refractivity contribution in [1.29, 1.82) is 0 Å². The first kappa shape index (κ1) is 33.1. The molecule has 1 saturated heterocycles. The number of nitro benzene ring substituents is 1. The maximum Gasteiger partial charge on any atom is 0.317 e. The summed E-state index contributed by atoms with van der Waals surface area (Å²) in [6.07, 6.45) is 0.0914. The third kappa shape index (κ3) is 10.8. The summed E-state index contributed by atoms with van der Waals surface area (Å²) in [5.74, 6) is -3.16. The van der Waals surface area contributed by atoms with Crippen LogP contribution in [0.2, 0.25) is 0 Å². The standard InChI is InChI=1S/C24H36N5O10P/c1-2-39-24(40-38,15-19-3-5-20(6-4-19)29(36)37)28-13-11-26(17-22(32)33)9-7-25(16-21(30)31)8-10-27(12-14-28)18-23(34)35/h3-6H,2,7-18H2,1H3,(H,30,31)(H,32,33)(H,34,35). The topological polar surface area (TPSA) is 194 Å². The lowest BCUT2D eigenvalue weighted by atomic mass is 10.1. The molecule has 1 aromatic carbocycles. The van der Waals surface area contributed by atoms with Crippen LogP contribution in [0, 0.1) is 10.1 Å². The second kappa shape index (κ2) is 16.3. The number of ether oxygens (including phenoxy) is 1. The molecule has 0 aliphatic carbocycles. The molecule has 3 N–H and O–H groups in total. The van der Waals surface area contributed by atoms with Gasteiger partial charge in [0.15, 0.2) is 0 Å². The number of carbonyl (C=O) groups is 3. The van der Waals surface area contributed by atoms with Gasteiger partial charge >= 0.3 is 17.9 Å². The van der Waals surface area contributed by atoms with Gasteiger partial charge in [0.05, 0.1) is 24.6 Å². The van der Waals surface area contributed by atoms with Gasteiger partial charge in [-0.1, -0.05) is 12.1 Å². The predicted molar refractivity (Wildman–Crippen MR) is 143 cm³/mol. The number of hydrogen-bond acceptors (Lipinski definition) is 11. The molecule has 0 radical (unpaired) electrons. The molecule has 40 heavy (non-hydrogen) atoms. The SMILES string of the molecule is CCOC(Cc1ccc([N+](=O)[O-])cc1)(P=O)N1CCN(CC(=O)O)CCN(CC(=O)O)CCN(CC(=O)O)CC1. The first-order valence-electron chi connectivity index (χ1n) is 12.8. The van der Waals surface area contributed by atoms with Gasteiger partial charge in [0, 0.05) is 77.5 Å². The molecule has 1 fully saturated rings. The molecular weight excluding hydrogens is 549 g/mol. The molecule has 1 aromatic rings. The minimum atomic E-state index is -1.41. The van der Waals surface area contributed by atoms with E-state index in [1.807, 2.05) is 0 Å². The third-order valence-corrected chi connectivity index (χ3v) is 7.36. The van der Waals surface area contributed by atoms with Crippen LogP contribution in [-0.2, 0) is 30.1 Å². The zero-order chi connectivity index (χ0) is 29.7. The van der Waals surface area contributed by atoms with Crippen molar-refractivity contribution < 1.29 is 43.9 Å². The highest BCUT2D eigenvalue weighted by Gasteiger charge is 2.40. The number of aliphatic carboxylic acids is 3. The minimum Gasteiger partial charge on any atom is -0.480 e. The number of nitro groups is 1. The summed E-state index contributed by atoms with van der Waals surface area (Å²) >= 11 is 0. The van der Waals surface area contributed by atoms with Crippen LogP contribution in [0.3, 0.4) is 0 Å². The molecule has 1 aliphatic heterocycles. The summed E-state index contributed by atoms with van der Waals surface area (Å²) in [5, 5.41) is 39.3. The Morgan fingerprint density at radius 1 is 0.850 bits per heavy atom. The lowest BCUT2D eigenvalue weighted by Crippen LogP contribution is -2.55. The quantitative estimate of drug-likeness (QED) is 0.165. The number of rotatable bonds is 13. The van der Waals surface area contributed by atoms with Gasteiger partial charge in [0.1, 0.15) is 0 Å². The molecule has 0 bridgehead atoms. The minimum absolute atomic E-state index is 0.0914. The first-order chi connectivity index (χ1) is 19.0. The maximum absolute atomic E-state index is 12.8. The van der Waals surface area contributed by atoms with Crippen molar-refractivity contribution in [2.45, 2.75) is 18.8 Å². The Hall–Kier alpha value is -3.07. The van der Waals surface area contributed by atoms with Gasteiger partial charge in [0.25, 0.3) is 5.69 Å². The molecule has 0 aromatic heterocycles. The van der Waals surface area contributed by atoms with E-state index in [4.69, 9.17) is 4.74 Å². The van der Waals surface area contributed by atoms with Crippen LogP contribution in [0.15, 0.2) is 24.3 Å². The average Bonchev–Trinajstić information content (AvgIpc) is 2.88. The lowest BCUT2D eigenvalue weighted by molar-refractivity contribution is -0.384. The van der Waals surface area contributed by atoms with E-state index in [1.54, 1.807) is 38.7 Å². The third-order valence-electron chi connectivity index (χ3n) is 6.51. The summed E-state index contributed by atoms with van der Waals surface area (Å²) in [4.78, 5) is 51.8. The van der Waals surface area contributed by atoms with Gasteiger partial charge in [-0.3, -0.25) is 48.7 Å². The van der Waals surface area contributed by atoms with Crippen LogP contribution in [0.25, 0.3) is 0 Å². The molecule has 0 amide bonds. The van der Waals surface area contributed by atoms with Gasteiger partial charge < -0.3 is 20.1 Å². The Balaban J connectivity index is 2.41. The lowest BCUT2D eigenvalue weighted by Gasteiger charge is -2.41. The van der Waals surface area contributed by atoms with Crippen LogP contribution in [0.5, 0.6) is 0 Å². The summed E-state index contributed by atoms with van der Waals surface area (Å²) in [6, 6.07) is 5.79. The predicted octanol–water partition coefficient (Wildman–Crippen LogP) is 0.595.